The van der Waals surface area contributed by atoms with Crippen molar-refractivity contribution >= 4 is 17.7 Å². The number of primary amides is 1. The van der Waals surface area contributed by atoms with Crippen LogP contribution >= 0.6 is 0 Å². The molecule has 0 aromatic heterocycles. The number of amides is 3. The molecule has 3 atom stereocenters. The third-order valence-corrected chi connectivity index (χ3v) is 5.93. The number of carbonyl (C=O) groups is 3. The zero-order valence-electron chi connectivity index (χ0n) is 21.4. The Morgan fingerprint density at radius 2 is 1.06 bits per heavy atom. The minimum Gasteiger partial charge on any atom is -0.396 e. The number of aliphatic hydroxyl groups excluding tert-OH is 1. The lowest BCUT2D eigenvalue weighted by molar-refractivity contribution is -0.132. The number of hydrogen-bond donors (Lipinski definition) is 8. The van der Waals surface area contributed by atoms with Crippen molar-refractivity contribution in [3.05, 3.63) is 0 Å². The lowest BCUT2D eigenvalue weighted by Crippen LogP contribution is -2.56. The maximum Gasteiger partial charge on any atom is 0.243 e. The molecular weight excluding hydrogens is 450 g/mol. The second-order valence-electron chi connectivity index (χ2n) is 9.02. The Labute approximate surface area is 210 Å². The fourth-order valence-electron chi connectivity index (χ4n) is 3.77. The highest BCUT2D eigenvalue weighted by molar-refractivity contribution is 5.92. The first-order valence-corrected chi connectivity index (χ1v) is 13.3. The van der Waals surface area contributed by atoms with E-state index < -0.39 is 29.9 Å². The van der Waals surface area contributed by atoms with E-state index in [-0.39, 0.29) is 12.5 Å². The van der Waals surface area contributed by atoms with Crippen LogP contribution in [0.1, 0.15) is 83.5 Å². The van der Waals surface area contributed by atoms with Crippen molar-refractivity contribution in [2.24, 2.45) is 22.9 Å². The Balaban J connectivity index is 5.14. The van der Waals surface area contributed by atoms with Crippen LogP contribution in [0.2, 0.25) is 0 Å². The van der Waals surface area contributed by atoms with E-state index in [1.807, 2.05) is 0 Å². The summed E-state index contributed by atoms with van der Waals surface area (Å²) < 4.78 is 0. The van der Waals surface area contributed by atoms with Gasteiger partial charge in [-0.1, -0.05) is 19.3 Å². The van der Waals surface area contributed by atoms with Crippen LogP contribution in [0.3, 0.4) is 0 Å². The molecule has 0 aliphatic heterocycles. The van der Waals surface area contributed by atoms with E-state index in [9.17, 15) is 14.4 Å². The van der Waals surface area contributed by atoms with Crippen LogP contribution in [-0.2, 0) is 14.4 Å². The molecule has 0 aliphatic rings. The molecule has 0 saturated heterocycles. The standard InChI is InChI=1S/C24H51N7O4/c25-14-6-3-11-19(22(28)33)30-24(35)21(13-5-8-16-27)31-23(34)20(12-4-7-15-26)29-17-9-1-2-10-18-32/h19-21,29,32H,1-18,25-27H2,(H2,28,33)(H,30,35)(H,31,34)/t19-,20-,21-/m0/s1. The summed E-state index contributed by atoms with van der Waals surface area (Å²) >= 11 is 0. The fourth-order valence-corrected chi connectivity index (χ4v) is 3.77. The van der Waals surface area contributed by atoms with Gasteiger partial charge in [-0.2, -0.15) is 0 Å². The quantitative estimate of drug-likeness (QED) is 0.0793. The van der Waals surface area contributed by atoms with E-state index in [2.05, 4.69) is 16.0 Å². The lowest BCUT2D eigenvalue weighted by Gasteiger charge is -2.25. The number of carbonyl (C=O) groups excluding carboxylic acids is 3. The Morgan fingerprint density at radius 3 is 1.57 bits per heavy atom. The average Bonchev–Trinajstić information content (AvgIpc) is 2.83. The highest BCUT2D eigenvalue weighted by Gasteiger charge is 2.27. The molecule has 11 nitrogen and oxygen atoms in total. The smallest absolute Gasteiger partial charge is 0.243 e. The summed E-state index contributed by atoms with van der Waals surface area (Å²) in [6.07, 6.45) is 9.40. The Bertz CT molecular complexity index is 566. The summed E-state index contributed by atoms with van der Waals surface area (Å²) in [7, 11) is 0. The van der Waals surface area contributed by atoms with Crippen LogP contribution in [0.25, 0.3) is 0 Å². The van der Waals surface area contributed by atoms with E-state index in [0.29, 0.717) is 58.3 Å². The minimum absolute atomic E-state index is 0.189. The number of rotatable bonds is 24. The second kappa shape index (κ2) is 22.7. The van der Waals surface area contributed by atoms with Gasteiger partial charge in [0.05, 0.1) is 6.04 Å². The summed E-state index contributed by atoms with van der Waals surface area (Å²) in [5.41, 5.74) is 22.2. The lowest BCUT2D eigenvalue weighted by atomic mass is 10.0. The molecule has 206 valence electrons. The average molecular weight is 502 g/mol. The number of nitrogens with two attached hydrogens (primary N) is 4. The molecule has 0 spiro atoms. The topological polar surface area (TPSA) is 212 Å². The van der Waals surface area contributed by atoms with Crippen LogP contribution < -0.4 is 38.9 Å². The van der Waals surface area contributed by atoms with Crippen molar-refractivity contribution in [1.29, 1.82) is 0 Å². The molecule has 0 aliphatic carbocycles. The third-order valence-electron chi connectivity index (χ3n) is 5.93. The molecule has 0 unspecified atom stereocenters. The van der Waals surface area contributed by atoms with E-state index in [1.54, 1.807) is 0 Å². The number of aliphatic hydroxyl groups is 1. The van der Waals surface area contributed by atoms with Crippen molar-refractivity contribution in [3.63, 3.8) is 0 Å². The van der Waals surface area contributed by atoms with E-state index >= 15 is 0 Å². The van der Waals surface area contributed by atoms with Crippen molar-refractivity contribution < 1.29 is 19.5 Å². The largest absolute Gasteiger partial charge is 0.396 e. The summed E-state index contributed by atoms with van der Waals surface area (Å²) in [5, 5.41) is 17.8. The zero-order chi connectivity index (χ0) is 26.3. The van der Waals surface area contributed by atoms with Gasteiger partial charge in [0.25, 0.3) is 0 Å². The number of hydrogen-bond acceptors (Lipinski definition) is 8. The molecular formula is C24H51N7O4. The predicted octanol–water partition coefficient (Wildman–Crippen LogP) is -0.661. The van der Waals surface area contributed by atoms with Gasteiger partial charge in [-0.15, -0.1) is 0 Å². The Kier molecular flexibility index (Phi) is 21.5. The van der Waals surface area contributed by atoms with Crippen LogP contribution in [-0.4, -0.2) is 73.7 Å². The van der Waals surface area contributed by atoms with Crippen molar-refractivity contribution in [2.75, 3.05) is 32.8 Å². The molecule has 0 fully saturated rings. The molecule has 0 aromatic rings. The van der Waals surface area contributed by atoms with Crippen molar-refractivity contribution in [1.82, 2.24) is 16.0 Å². The highest BCUT2D eigenvalue weighted by Crippen LogP contribution is 2.08. The molecule has 35 heavy (non-hydrogen) atoms. The SMILES string of the molecule is NCCCC[C@H](NC(=O)[C@H](CCCCN)NC(=O)[C@H](CCCCN)NCCCCCCO)C(N)=O. The minimum atomic E-state index is -0.805. The molecule has 12 N–H and O–H groups in total. The van der Waals surface area contributed by atoms with Gasteiger partial charge < -0.3 is 44.0 Å². The molecule has 0 rings (SSSR count). The maximum atomic E-state index is 13.1. The first kappa shape index (κ1) is 33.2. The molecule has 0 aromatic carbocycles. The van der Waals surface area contributed by atoms with E-state index in [4.69, 9.17) is 28.0 Å². The summed E-state index contributed by atoms with van der Waals surface area (Å²) in [5.74, 6) is -1.27. The van der Waals surface area contributed by atoms with E-state index in [0.717, 1.165) is 51.4 Å². The highest BCUT2D eigenvalue weighted by atomic mass is 16.3. The summed E-state index contributed by atoms with van der Waals surface area (Å²) in [6, 6.07) is -2.03. The monoisotopic (exact) mass is 501 g/mol. The zero-order valence-corrected chi connectivity index (χ0v) is 21.4. The maximum absolute atomic E-state index is 13.1. The molecule has 0 heterocycles. The van der Waals surface area contributed by atoms with Gasteiger partial charge in [-0.25, -0.2) is 0 Å². The molecule has 3 amide bonds. The number of unbranched alkanes of at least 4 members (excludes halogenated alkanes) is 6. The fraction of sp³-hybridized carbons (Fsp3) is 0.875. The van der Waals surface area contributed by atoms with Gasteiger partial charge in [0.2, 0.25) is 17.7 Å². The van der Waals surface area contributed by atoms with Crippen LogP contribution in [0.15, 0.2) is 0 Å². The summed E-state index contributed by atoms with van der Waals surface area (Å²) in [4.78, 5) is 38.0. The second-order valence-corrected chi connectivity index (χ2v) is 9.02. The third kappa shape index (κ3) is 17.3. The van der Waals surface area contributed by atoms with Gasteiger partial charge in [-0.3, -0.25) is 14.4 Å². The Morgan fingerprint density at radius 1 is 0.600 bits per heavy atom. The summed E-state index contributed by atoms with van der Waals surface area (Å²) in [6.45, 7) is 2.40. The number of nitrogens with one attached hydrogen (secondary N) is 3. The first-order valence-electron chi connectivity index (χ1n) is 13.3. The molecule has 11 heteroatoms. The molecule has 0 radical (unpaired) electrons. The van der Waals surface area contributed by atoms with Gasteiger partial charge in [-0.05, 0) is 90.4 Å². The molecule has 0 bridgehead atoms. The predicted molar refractivity (Wildman–Crippen MR) is 139 cm³/mol. The van der Waals surface area contributed by atoms with Gasteiger partial charge >= 0.3 is 0 Å². The van der Waals surface area contributed by atoms with Crippen LogP contribution in [0, 0.1) is 0 Å². The van der Waals surface area contributed by atoms with Crippen LogP contribution in [0.5, 0.6) is 0 Å². The van der Waals surface area contributed by atoms with Gasteiger partial charge in [0.15, 0.2) is 0 Å². The van der Waals surface area contributed by atoms with Crippen molar-refractivity contribution in [3.8, 4) is 0 Å². The Hall–Kier alpha value is -1.79. The van der Waals surface area contributed by atoms with Gasteiger partial charge in [0.1, 0.15) is 12.1 Å². The van der Waals surface area contributed by atoms with E-state index in [1.165, 1.54) is 0 Å². The molecule has 0 saturated carbocycles. The first-order chi connectivity index (χ1) is 16.9. The van der Waals surface area contributed by atoms with Crippen molar-refractivity contribution in [2.45, 2.75) is 102 Å². The van der Waals surface area contributed by atoms with Gasteiger partial charge in [0, 0.05) is 6.61 Å². The van der Waals surface area contributed by atoms with Crippen LogP contribution in [0.4, 0.5) is 0 Å². The normalized spacial score (nSPS) is 13.7.